The highest BCUT2D eigenvalue weighted by Crippen LogP contribution is 2.27. The molecule has 2 aromatic carbocycles. The summed E-state index contributed by atoms with van der Waals surface area (Å²) in [5, 5.41) is 3.79. The molecule has 110 valence electrons. The van der Waals surface area contributed by atoms with Crippen molar-refractivity contribution >= 4 is 29.1 Å². The van der Waals surface area contributed by atoms with Gasteiger partial charge in [0.25, 0.3) is 5.91 Å². The molecule has 0 bridgehead atoms. The molecule has 21 heavy (non-hydrogen) atoms. The van der Waals surface area contributed by atoms with Gasteiger partial charge in [-0.1, -0.05) is 53.5 Å². The predicted molar refractivity (Wildman–Crippen MR) is 85.0 cm³/mol. The standard InChI is InChI=1S/C16H15Cl2NO2/c1-11(12-5-3-2-4-6-12)19-16(20)10-21-15-9-13(17)7-8-14(15)18/h2-9,11H,10H2,1H3,(H,19,20)/t11-/m0/s1. The maximum Gasteiger partial charge on any atom is 0.258 e. The fraction of sp³-hybridized carbons (Fsp3) is 0.188. The summed E-state index contributed by atoms with van der Waals surface area (Å²) in [5.41, 5.74) is 1.03. The van der Waals surface area contributed by atoms with E-state index in [9.17, 15) is 4.79 Å². The Bertz CT molecular complexity index is 617. The molecule has 5 heteroatoms. The molecule has 0 fully saturated rings. The molecule has 0 aliphatic carbocycles. The topological polar surface area (TPSA) is 38.3 Å². The summed E-state index contributed by atoms with van der Waals surface area (Å²) < 4.78 is 5.39. The zero-order valence-corrected chi connectivity index (χ0v) is 13.0. The second kappa shape index (κ2) is 7.34. The monoisotopic (exact) mass is 323 g/mol. The summed E-state index contributed by atoms with van der Waals surface area (Å²) in [6.07, 6.45) is 0. The number of hydrogen-bond acceptors (Lipinski definition) is 2. The van der Waals surface area contributed by atoms with E-state index in [4.69, 9.17) is 27.9 Å². The van der Waals surface area contributed by atoms with E-state index >= 15 is 0 Å². The van der Waals surface area contributed by atoms with Crippen LogP contribution in [0, 0.1) is 0 Å². The smallest absolute Gasteiger partial charge is 0.258 e. The average molecular weight is 324 g/mol. The lowest BCUT2D eigenvalue weighted by atomic mass is 10.1. The number of benzene rings is 2. The van der Waals surface area contributed by atoms with E-state index in [1.54, 1.807) is 18.2 Å². The molecular formula is C16H15Cl2NO2. The van der Waals surface area contributed by atoms with Gasteiger partial charge in [-0.2, -0.15) is 0 Å². The molecule has 1 amide bonds. The first-order chi connectivity index (χ1) is 10.1. The van der Waals surface area contributed by atoms with Gasteiger partial charge in [-0.25, -0.2) is 0 Å². The molecule has 0 unspecified atom stereocenters. The Labute approximate surface area is 133 Å². The maximum absolute atomic E-state index is 11.9. The Balaban J connectivity index is 1.89. The highest BCUT2D eigenvalue weighted by atomic mass is 35.5. The van der Waals surface area contributed by atoms with Crippen molar-refractivity contribution in [3.8, 4) is 5.75 Å². The largest absolute Gasteiger partial charge is 0.482 e. The minimum atomic E-state index is -0.220. The van der Waals surface area contributed by atoms with Crippen LogP contribution in [0.4, 0.5) is 0 Å². The highest BCUT2D eigenvalue weighted by Gasteiger charge is 2.11. The molecule has 0 saturated heterocycles. The Morgan fingerprint density at radius 2 is 1.90 bits per heavy atom. The number of hydrogen-bond donors (Lipinski definition) is 1. The molecule has 0 aromatic heterocycles. The number of ether oxygens (including phenoxy) is 1. The Hall–Kier alpha value is -1.71. The fourth-order valence-corrected chi connectivity index (χ4v) is 2.17. The van der Waals surface area contributed by atoms with Crippen LogP contribution in [-0.4, -0.2) is 12.5 Å². The van der Waals surface area contributed by atoms with E-state index in [1.165, 1.54) is 0 Å². The normalized spacial score (nSPS) is 11.8. The Morgan fingerprint density at radius 3 is 2.62 bits per heavy atom. The van der Waals surface area contributed by atoms with Crippen LogP contribution in [0.3, 0.4) is 0 Å². The van der Waals surface area contributed by atoms with Crippen molar-refractivity contribution in [3.05, 3.63) is 64.1 Å². The van der Waals surface area contributed by atoms with Crippen LogP contribution in [0.25, 0.3) is 0 Å². The van der Waals surface area contributed by atoms with Crippen molar-refractivity contribution in [2.75, 3.05) is 6.61 Å². The SMILES string of the molecule is C[C@H](NC(=O)COc1cc(Cl)ccc1Cl)c1ccccc1. The van der Waals surface area contributed by atoms with E-state index < -0.39 is 0 Å². The third-order valence-electron chi connectivity index (χ3n) is 2.93. The van der Waals surface area contributed by atoms with Crippen molar-refractivity contribution < 1.29 is 9.53 Å². The van der Waals surface area contributed by atoms with Gasteiger partial charge in [0.2, 0.25) is 0 Å². The molecule has 2 aromatic rings. The molecule has 0 aliphatic heterocycles. The van der Waals surface area contributed by atoms with E-state index in [-0.39, 0.29) is 18.6 Å². The molecule has 3 nitrogen and oxygen atoms in total. The van der Waals surface area contributed by atoms with Gasteiger partial charge in [0.15, 0.2) is 6.61 Å². The lowest BCUT2D eigenvalue weighted by molar-refractivity contribution is -0.123. The molecule has 0 spiro atoms. The first kappa shape index (κ1) is 15.7. The molecule has 0 saturated carbocycles. The van der Waals surface area contributed by atoms with Gasteiger partial charge < -0.3 is 10.1 Å². The van der Waals surface area contributed by atoms with Gasteiger partial charge >= 0.3 is 0 Å². The maximum atomic E-state index is 11.9. The average Bonchev–Trinajstić information content (AvgIpc) is 2.49. The van der Waals surface area contributed by atoms with Crippen molar-refractivity contribution in [1.82, 2.24) is 5.32 Å². The summed E-state index contributed by atoms with van der Waals surface area (Å²) in [4.78, 5) is 11.9. The molecule has 2 rings (SSSR count). The van der Waals surface area contributed by atoms with Gasteiger partial charge in [0.05, 0.1) is 11.1 Å². The van der Waals surface area contributed by atoms with E-state index in [0.29, 0.717) is 15.8 Å². The lowest BCUT2D eigenvalue weighted by Crippen LogP contribution is -2.31. The number of nitrogens with one attached hydrogen (secondary N) is 1. The minimum absolute atomic E-state index is 0.0860. The Morgan fingerprint density at radius 1 is 1.19 bits per heavy atom. The third kappa shape index (κ3) is 4.66. The van der Waals surface area contributed by atoms with Gasteiger partial charge in [-0.15, -0.1) is 0 Å². The molecule has 1 N–H and O–H groups in total. The summed E-state index contributed by atoms with van der Waals surface area (Å²) in [7, 11) is 0. The molecule has 0 heterocycles. The summed E-state index contributed by atoms with van der Waals surface area (Å²) in [6, 6.07) is 14.5. The quantitative estimate of drug-likeness (QED) is 0.893. The zero-order chi connectivity index (χ0) is 15.2. The molecule has 0 aliphatic rings. The molecule has 1 atom stereocenters. The zero-order valence-electron chi connectivity index (χ0n) is 11.5. The minimum Gasteiger partial charge on any atom is -0.482 e. The van der Waals surface area contributed by atoms with Gasteiger partial charge in [0, 0.05) is 11.1 Å². The van der Waals surface area contributed by atoms with Crippen molar-refractivity contribution in [2.24, 2.45) is 0 Å². The van der Waals surface area contributed by atoms with Gasteiger partial charge in [0.1, 0.15) is 5.75 Å². The third-order valence-corrected chi connectivity index (χ3v) is 3.48. The number of carbonyl (C=O) groups excluding carboxylic acids is 1. The van der Waals surface area contributed by atoms with Crippen molar-refractivity contribution in [3.63, 3.8) is 0 Å². The second-order valence-electron chi connectivity index (χ2n) is 4.56. The predicted octanol–water partition coefficient (Wildman–Crippen LogP) is 4.25. The Kier molecular flexibility index (Phi) is 5.48. The number of rotatable bonds is 5. The van der Waals surface area contributed by atoms with Crippen LogP contribution in [0.1, 0.15) is 18.5 Å². The lowest BCUT2D eigenvalue weighted by Gasteiger charge is -2.15. The first-order valence-corrected chi connectivity index (χ1v) is 7.24. The summed E-state index contributed by atoms with van der Waals surface area (Å²) in [6.45, 7) is 1.80. The second-order valence-corrected chi connectivity index (χ2v) is 5.41. The summed E-state index contributed by atoms with van der Waals surface area (Å²) >= 11 is 11.8. The number of halogens is 2. The molecular weight excluding hydrogens is 309 g/mol. The fourth-order valence-electron chi connectivity index (χ4n) is 1.84. The van der Waals surface area contributed by atoms with Crippen LogP contribution in [-0.2, 0) is 4.79 Å². The van der Waals surface area contributed by atoms with Crippen LogP contribution in [0.2, 0.25) is 10.0 Å². The van der Waals surface area contributed by atoms with E-state index in [2.05, 4.69) is 5.32 Å². The van der Waals surface area contributed by atoms with Crippen LogP contribution in [0.5, 0.6) is 5.75 Å². The van der Waals surface area contributed by atoms with Crippen LogP contribution >= 0.6 is 23.2 Å². The van der Waals surface area contributed by atoms with Gasteiger partial charge in [-0.05, 0) is 24.6 Å². The number of carbonyl (C=O) groups is 1. The number of amides is 1. The molecule has 0 radical (unpaired) electrons. The highest BCUT2D eigenvalue weighted by molar-refractivity contribution is 6.34. The van der Waals surface area contributed by atoms with Crippen molar-refractivity contribution in [1.29, 1.82) is 0 Å². The summed E-state index contributed by atoms with van der Waals surface area (Å²) in [5.74, 6) is 0.175. The first-order valence-electron chi connectivity index (χ1n) is 6.48. The van der Waals surface area contributed by atoms with Gasteiger partial charge in [-0.3, -0.25) is 4.79 Å². The van der Waals surface area contributed by atoms with Crippen LogP contribution < -0.4 is 10.1 Å². The van der Waals surface area contributed by atoms with E-state index in [0.717, 1.165) is 5.56 Å². The van der Waals surface area contributed by atoms with E-state index in [1.807, 2.05) is 37.3 Å². The van der Waals surface area contributed by atoms with Crippen LogP contribution in [0.15, 0.2) is 48.5 Å². The van der Waals surface area contributed by atoms with Crippen molar-refractivity contribution in [2.45, 2.75) is 13.0 Å².